The van der Waals surface area contributed by atoms with Crippen molar-refractivity contribution < 1.29 is 18.6 Å². The molecule has 8 nitrogen and oxygen atoms in total. The molecule has 1 amide bonds. The van der Waals surface area contributed by atoms with Crippen molar-refractivity contribution in [3.8, 4) is 11.5 Å². The van der Waals surface area contributed by atoms with Gasteiger partial charge in [-0.3, -0.25) is 14.9 Å². The minimum Gasteiger partial charge on any atom is -0.436 e. The molecule has 0 spiro atoms. The van der Waals surface area contributed by atoms with Crippen LogP contribution in [-0.2, 0) is 0 Å². The molecule has 4 rings (SSSR count). The number of carbonyl (C=O) groups is 1. The monoisotopic (exact) mass is 417 g/mol. The van der Waals surface area contributed by atoms with Gasteiger partial charge < -0.3 is 14.2 Å². The van der Waals surface area contributed by atoms with E-state index in [2.05, 4.69) is 10.3 Å². The van der Waals surface area contributed by atoms with Crippen LogP contribution < -0.4 is 5.32 Å². The van der Waals surface area contributed by atoms with Gasteiger partial charge in [0.15, 0.2) is 11.3 Å². The third kappa shape index (κ3) is 3.42. The highest BCUT2D eigenvalue weighted by atomic mass is 35.5. The van der Waals surface area contributed by atoms with Crippen LogP contribution >= 0.6 is 23.2 Å². The third-order valence-corrected chi connectivity index (χ3v) is 4.55. The molecule has 0 atom stereocenters. The van der Waals surface area contributed by atoms with Crippen LogP contribution in [-0.4, -0.2) is 15.8 Å². The predicted molar refractivity (Wildman–Crippen MR) is 103 cm³/mol. The van der Waals surface area contributed by atoms with E-state index in [9.17, 15) is 14.9 Å². The smallest absolute Gasteiger partial charge is 0.433 e. The highest BCUT2D eigenvalue weighted by molar-refractivity contribution is 6.42. The summed E-state index contributed by atoms with van der Waals surface area (Å²) in [6.45, 7) is 0. The van der Waals surface area contributed by atoms with Gasteiger partial charge >= 0.3 is 5.88 Å². The van der Waals surface area contributed by atoms with E-state index in [0.29, 0.717) is 38.3 Å². The van der Waals surface area contributed by atoms with Gasteiger partial charge in [-0.2, -0.15) is 0 Å². The molecule has 140 valence electrons. The van der Waals surface area contributed by atoms with E-state index in [1.807, 2.05) is 0 Å². The van der Waals surface area contributed by atoms with Crippen LogP contribution in [0.5, 0.6) is 0 Å². The number of hydrogen-bond donors (Lipinski definition) is 1. The van der Waals surface area contributed by atoms with E-state index in [0.717, 1.165) is 6.07 Å². The van der Waals surface area contributed by atoms with Gasteiger partial charge in [-0.1, -0.05) is 23.2 Å². The molecular formula is C18H9Cl2N3O5. The number of nitrogens with zero attached hydrogens (tertiary/aromatic N) is 2. The zero-order chi connectivity index (χ0) is 19.8. The molecule has 0 fully saturated rings. The summed E-state index contributed by atoms with van der Waals surface area (Å²) in [5.74, 6) is -0.967. The minimum absolute atomic E-state index is 0.177. The van der Waals surface area contributed by atoms with Gasteiger partial charge in [0.1, 0.15) is 10.4 Å². The lowest BCUT2D eigenvalue weighted by molar-refractivity contribution is -0.402. The quantitative estimate of drug-likeness (QED) is 0.343. The number of halogens is 2. The lowest BCUT2D eigenvalue weighted by Crippen LogP contribution is -2.10. The van der Waals surface area contributed by atoms with Crippen molar-refractivity contribution in [1.82, 2.24) is 4.98 Å². The average molecular weight is 418 g/mol. The van der Waals surface area contributed by atoms with Gasteiger partial charge in [-0.25, -0.2) is 4.98 Å². The fourth-order valence-corrected chi connectivity index (χ4v) is 2.80. The number of nitro groups is 1. The Hall–Kier alpha value is -3.36. The molecule has 28 heavy (non-hydrogen) atoms. The topological polar surface area (TPSA) is 111 Å². The van der Waals surface area contributed by atoms with E-state index in [-0.39, 0.29) is 5.76 Å². The molecular weight excluding hydrogens is 409 g/mol. The number of carbonyl (C=O) groups excluding carboxylic acids is 1. The average Bonchev–Trinajstić information content (AvgIpc) is 3.30. The maximum absolute atomic E-state index is 12.2. The minimum atomic E-state index is -0.719. The molecule has 0 saturated carbocycles. The molecule has 0 unspecified atom stereocenters. The van der Waals surface area contributed by atoms with Gasteiger partial charge in [0.2, 0.25) is 5.89 Å². The lowest BCUT2D eigenvalue weighted by Gasteiger charge is -2.01. The van der Waals surface area contributed by atoms with Crippen molar-refractivity contribution in [3.05, 3.63) is 74.5 Å². The van der Waals surface area contributed by atoms with Crippen molar-refractivity contribution in [2.45, 2.75) is 0 Å². The highest BCUT2D eigenvalue weighted by Gasteiger charge is 2.18. The Labute approximate surface area is 166 Å². The predicted octanol–water partition coefficient (Wildman–Crippen LogP) is 5.56. The van der Waals surface area contributed by atoms with Gasteiger partial charge in [-0.15, -0.1) is 0 Å². The van der Waals surface area contributed by atoms with Crippen LogP contribution in [0.1, 0.15) is 10.6 Å². The second-order valence-electron chi connectivity index (χ2n) is 5.68. The number of hydrogen-bond acceptors (Lipinski definition) is 6. The zero-order valence-corrected chi connectivity index (χ0v) is 15.3. The summed E-state index contributed by atoms with van der Waals surface area (Å²) in [6.07, 6.45) is 0. The fourth-order valence-electron chi connectivity index (χ4n) is 2.50. The van der Waals surface area contributed by atoms with Crippen LogP contribution in [0.15, 0.2) is 57.4 Å². The van der Waals surface area contributed by atoms with Crippen LogP contribution in [0.4, 0.5) is 11.6 Å². The van der Waals surface area contributed by atoms with Gasteiger partial charge in [0.05, 0.1) is 16.1 Å². The van der Waals surface area contributed by atoms with Gasteiger partial charge in [0, 0.05) is 11.3 Å². The second kappa shape index (κ2) is 6.99. The normalized spacial score (nSPS) is 10.9. The Balaban J connectivity index is 1.59. The summed E-state index contributed by atoms with van der Waals surface area (Å²) in [5, 5.41) is 14.0. The molecule has 0 aliphatic rings. The van der Waals surface area contributed by atoms with Crippen molar-refractivity contribution in [1.29, 1.82) is 0 Å². The fraction of sp³-hybridized carbons (Fsp3) is 0. The lowest BCUT2D eigenvalue weighted by atomic mass is 10.2. The summed E-state index contributed by atoms with van der Waals surface area (Å²) < 4.78 is 10.6. The van der Waals surface area contributed by atoms with Gasteiger partial charge in [0.25, 0.3) is 5.91 Å². The molecule has 0 aliphatic carbocycles. The van der Waals surface area contributed by atoms with E-state index in [1.165, 1.54) is 6.07 Å². The molecule has 2 aromatic heterocycles. The van der Waals surface area contributed by atoms with Gasteiger partial charge in [-0.05, 0) is 42.5 Å². The number of aromatic nitrogens is 1. The molecule has 4 aromatic rings. The number of oxazole rings is 1. The Morgan fingerprint density at radius 2 is 1.86 bits per heavy atom. The van der Waals surface area contributed by atoms with E-state index in [1.54, 1.807) is 36.4 Å². The van der Waals surface area contributed by atoms with Crippen LogP contribution in [0, 0.1) is 10.1 Å². The first-order chi connectivity index (χ1) is 13.4. The first-order valence-corrected chi connectivity index (χ1v) is 8.58. The first kappa shape index (κ1) is 18.0. The first-order valence-electron chi connectivity index (χ1n) is 7.82. The zero-order valence-electron chi connectivity index (χ0n) is 13.8. The number of nitrogens with one attached hydrogen (secondary N) is 1. The van der Waals surface area contributed by atoms with Crippen molar-refractivity contribution in [3.63, 3.8) is 0 Å². The summed E-state index contributed by atoms with van der Waals surface area (Å²) in [4.78, 5) is 26.5. The van der Waals surface area contributed by atoms with Crippen molar-refractivity contribution in [2.24, 2.45) is 0 Å². The number of anilines is 1. The SMILES string of the molecule is O=C(Nc1ccc2oc(-c3ccc(Cl)c(Cl)c3)nc2c1)c1ccc([N+](=O)[O-])o1. The molecule has 1 N–H and O–H groups in total. The molecule has 2 aromatic carbocycles. The Morgan fingerprint density at radius 3 is 2.57 bits per heavy atom. The summed E-state index contributed by atoms with van der Waals surface area (Å²) in [7, 11) is 0. The maximum Gasteiger partial charge on any atom is 0.433 e. The maximum atomic E-state index is 12.2. The summed E-state index contributed by atoms with van der Waals surface area (Å²) >= 11 is 11.9. The molecule has 0 bridgehead atoms. The Kier molecular flexibility index (Phi) is 4.50. The Bertz CT molecular complexity index is 1230. The largest absolute Gasteiger partial charge is 0.436 e. The Morgan fingerprint density at radius 1 is 1.04 bits per heavy atom. The van der Waals surface area contributed by atoms with Crippen LogP contribution in [0.2, 0.25) is 10.0 Å². The van der Waals surface area contributed by atoms with Crippen LogP contribution in [0.3, 0.4) is 0 Å². The van der Waals surface area contributed by atoms with Crippen molar-refractivity contribution in [2.75, 3.05) is 5.32 Å². The van der Waals surface area contributed by atoms with Crippen LogP contribution in [0.25, 0.3) is 22.6 Å². The number of benzene rings is 2. The highest BCUT2D eigenvalue weighted by Crippen LogP contribution is 2.31. The second-order valence-corrected chi connectivity index (χ2v) is 6.49. The van der Waals surface area contributed by atoms with E-state index < -0.39 is 16.7 Å². The van der Waals surface area contributed by atoms with E-state index >= 15 is 0 Å². The molecule has 0 aliphatic heterocycles. The standard InChI is InChI=1S/C18H9Cl2N3O5/c19-11-3-1-9(7-12(11)20)18-22-13-8-10(2-4-14(13)28-18)21-17(24)15-5-6-16(27-15)23(25)26/h1-8H,(H,21,24). The summed E-state index contributed by atoms with van der Waals surface area (Å²) in [5.41, 5.74) is 2.08. The number of amides is 1. The number of fused-ring (bicyclic) bond motifs is 1. The van der Waals surface area contributed by atoms with Crippen molar-refractivity contribution >= 4 is 51.8 Å². The third-order valence-electron chi connectivity index (χ3n) is 3.81. The molecule has 2 heterocycles. The number of furan rings is 1. The number of rotatable bonds is 4. The van der Waals surface area contributed by atoms with E-state index in [4.69, 9.17) is 32.0 Å². The molecule has 0 saturated heterocycles. The molecule has 0 radical (unpaired) electrons. The summed E-state index contributed by atoms with van der Waals surface area (Å²) in [6, 6.07) is 12.2. The molecule has 10 heteroatoms.